The highest BCUT2D eigenvalue weighted by molar-refractivity contribution is 5.85. The number of amides is 1. The number of hydrogen-bond donors (Lipinski definition) is 0. The normalized spacial score (nSPS) is 20.0. The third-order valence-electron chi connectivity index (χ3n) is 4.80. The molecule has 0 aliphatic carbocycles. The molecule has 2 aliphatic heterocycles. The lowest BCUT2D eigenvalue weighted by Gasteiger charge is -2.36. The summed E-state index contributed by atoms with van der Waals surface area (Å²) in [5.41, 5.74) is 2.34. The van der Waals surface area contributed by atoms with E-state index in [0.29, 0.717) is 0 Å². The van der Waals surface area contributed by atoms with Gasteiger partial charge in [-0.1, -0.05) is 54.6 Å². The van der Waals surface area contributed by atoms with E-state index in [0.717, 1.165) is 44.0 Å². The number of piperazine rings is 1. The van der Waals surface area contributed by atoms with Crippen LogP contribution in [0, 0.1) is 0 Å². The summed E-state index contributed by atoms with van der Waals surface area (Å²) in [7, 11) is 0. The summed E-state index contributed by atoms with van der Waals surface area (Å²) >= 11 is 0. The van der Waals surface area contributed by atoms with Crippen molar-refractivity contribution in [1.82, 2.24) is 9.80 Å². The number of benzene rings is 2. The smallest absolute Gasteiger partial charge is 0.267 e. The molecule has 1 unspecified atom stereocenters. The number of carbonyl (C=O) groups is 1. The van der Waals surface area contributed by atoms with E-state index in [2.05, 4.69) is 29.2 Å². The highest BCUT2D eigenvalue weighted by Crippen LogP contribution is 2.26. The summed E-state index contributed by atoms with van der Waals surface area (Å²) in [6.45, 7) is 4.24. The third-order valence-corrected chi connectivity index (χ3v) is 4.80. The Bertz CT molecular complexity index is 764. The van der Waals surface area contributed by atoms with Crippen LogP contribution in [-0.2, 0) is 11.3 Å². The van der Waals surface area contributed by atoms with Crippen LogP contribution < -0.4 is 4.74 Å². The fourth-order valence-corrected chi connectivity index (χ4v) is 3.37. The summed E-state index contributed by atoms with van der Waals surface area (Å²) in [5, 5.41) is 0. The average molecular weight is 334 g/mol. The van der Waals surface area contributed by atoms with Gasteiger partial charge in [-0.15, -0.1) is 0 Å². The van der Waals surface area contributed by atoms with Crippen molar-refractivity contribution in [2.24, 2.45) is 0 Å². The second-order valence-electron chi connectivity index (χ2n) is 6.52. The van der Waals surface area contributed by atoms with Crippen molar-refractivity contribution in [3.63, 3.8) is 0 Å². The quantitative estimate of drug-likeness (QED) is 0.865. The van der Waals surface area contributed by atoms with E-state index in [4.69, 9.17) is 4.74 Å². The molecule has 2 aromatic carbocycles. The predicted octanol–water partition coefficient (Wildman–Crippen LogP) is 2.81. The maximum absolute atomic E-state index is 12.8. The molecule has 1 fully saturated rings. The Kier molecular flexibility index (Phi) is 4.53. The highest BCUT2D eigenvalue weighted by atomic mass is 16.5. The Morgan fingerprint density at radius 3 is 2.48 bits per heavy atom. The second kappa shape index (κ2) is 7.11. The Morgan fingerprint density at radius 2 is 1.68 bits per heavy atom. The lowest BCUT2D eigenvalue weighted by atomic mass is 10.1. The second-order valence-corrected chi connectivity index (χ2v) is 6.52. The van der Waals surface area contributed by atoms with Crippen molar-refractivity contribution in [2.45, 2.75) is 12.6 Å². The van der Waals surface area contributed by atoms with Crippen LogP contribution in [-0.4, -0.2) is 48.0 Å². The number of ether oxygens (including phenoxy) is 1. The first-order valence-corrected chi connectivity index (χ1v) is 8.78. The SMILES string of the molecule is O=C(C1C=Cc2ccccc2O1)N1CCN(Cc2ccccc2)CC1. The summed E-state index contributed by atoms with van der Waals surface area (Å²) in [5.74, 6) is 0.844. The number of nitrogens with zero attached hydrogens (tertiary/aromatic N) is 2. The van der Waals surface area contributed by atoms with Gasteiger partial charge in [0.1, 0.15) is 5.75 Å². The molecule has 4 heteroatoms. The Labute approximate surface area is 148 Å². The van der Waals surface area contributed by atoms with Crippen molar-refractivity contribution in [1.29, 1.82) is 0 Å². The molecule has 128 valence electrons. The van der Waals surface area contributed by atoms with Crippen LogP contribution in [0.4, 0.5) is 0 Å². The topological polar surface area (TPSA) is 32.8 Å². The minimum absolute atomic E-state index is 0.0603. The van der Waals surface area contributed by atoms with Gasteiger partial charge in [0.25, 0.3) is 5.91 Å². The zero-order valence-electron chi connectivity index (χ0n) is 14.2. The van der Waals surface area contributed by atoms with Gasteiger partial charge >= 0.3 is 0 Å². The molecule has 2 aromatic rings. The molecule has 4 rings (SSSR count). The van der Waals surface area contributed by atoms with E-state index >= 15 is 0 Å². The fourth-order valence-electron chi connectivity index (χ4n) is 3.37. The molecule has 1 saturated heterocycles. The number of fused-ring (bicyclic) bond motifs is 1. The largest absolute Gasteiger partial charge is 0.476 e. The summed E-state index contributed by atoms with van der Waals surface area (Å²) < 4.78 is 5.88. The molecule has 0 radical (unpaired) electrons. The van der Waals surface area contributed by atoms with Crippen molar-refractivity contribution in [3.05, 3.63) is 71.8 Å². The van der Waals surface area contributed by atoms with Gasteiger partial charge in [-0.25, -0.2) is 0 Å². The van der Waals surface area contributed by atoms with Crippen LogP contribution in [0.1, 0.15) is 11.1 Å². The Hall–Kier alpha value is -2.59. The molecular formula is C21H22N2O2. The minimum Gasteiger partial charge on any atom is -0.476 e. The van der Waals surface area contributed by atoms with Gasteiger partial charge in [0.05, 0.1) is 0 Å². The van der Waals surface area contributed by atoms with Crippen molar-refractivity contribution < 1.29 is 9.53 Å². The van der Waals surface area contributed by atoms with Crippen molar-refractivity contribution >= 4 is 12.0 Å². The average Bonchev–Trinajstić information content (AvgIpc) is 2.68. The van der Waals surface area contributed by atoms with E-state index in [1.54, 1.807) is 0 Å². The molecule has 0 bridgehead atoms. The van der Waals surface area contributed by atoms with Crippen LogP contribution in [0.5, 0.6) is 5.75 Å². The standard InChI is InChI=1S/C21H22N2O2/c24-21(20-11-10-18-8-4-5-9-19(18)25-20)23-14-12-22(13-15-23)16-17-6-2-1-3-7-17/h1-11,20H,12-16H2. The van der Waals surface area contributed by atoms with Gasteiger partial charge in [0, 0.05) is 38.3 Å². The van der Waals surface area contributed by atoms with E-state index in [9.17, 15) is 4.79 Å². The van der Waals surface area contributed by atoms with E-state index in [1.807, 2.05) is 47.4 Å². The Morgan fingerprint density at radius 1 is 0.960 bits per heavy atom. The molecule has 0 N–H and O–H groups in total. The lowest BCUT2D eigenvalue weighted by Crippen LogP contribution is -2.52. The maximum Gasteiger partial charge on any atom is 0.267 e. The molecule has 1 atom stereocenters. The number of carbonyl (C=O) groups excluding carboxylic acids is 1. The fraction of sp³-hybridized carbons (Fsp3) is 0.286. The van der Waals surface area contributed by atoms with E-state index in [-0.39, 0.29) is 5.91 Å². The van der Waals surface area contributed by atoms with Gasteiger partial charge in [0.2, 0.25) is 0 Å². The first kappa shape index (κ1) is 15.9. The highest BCUT2D eigenvalue weighted by Gasteiger charge is 2.29. The zero-order valence-corrected chi connectivity index (χ0v) is 14.2. The number of hydrogen-bond acceptors (Lipinski definition) is 3. The third kappa shape index (κ3) is 3.59. The first-order valence-electron chi connectivity index (χ1n) is 8.78. The molecular weight excluding hydrogens is 312 g/mol. The molecule has 4 nitrogen and oxygen atoms in total. The summed E-state index contributed by atoms with van der Waals surface area (Å²) in [6.07, 6.45) is 3.34. The molecule has 1 amide bonds. The minimum atomic E-state index is -0.504. The van der Waals surface area contributed by atoms with E-state index < -0.39 is 6.10 Å². The van der Waals surface area contributed by atoms with Crippen molar-refractivity contribution in [2.75, 3.05) is 26.2 Å². The molecule has 2 aliphatic rings. The van der Waals surface area contributed by atoms with Crippen LogP contribution in [0.25, 0.3) is 6.08 Å². The molecule has 0 aromatic heterocycles. The van der Waals surface area contributed by atoms with Gasteiger partial charge in [-0.2, -0.15) is 0 Å². The predicted molar refractivity (Wildman–Crippen MR) is 98.2 cm³/mol. The van der Waals surface area contributed by atoms with E-state index in [1.165, 1.54) is 5.56 Å². The van der Waals surface area contributed by atoms with Gasteiger partial charge < -0.3 is 9.64 Å². The number of rotatable bonds is 3. The molecule has 25 heavy (non-hydrogen) atoms. The van der Waals surface area contributed by atoms with Gasteiger partial charge in [-0.05, 0) is 17.7 Å². The first-order chi connectivity index (χ1) is 12.3. The maximum atomic E-state index is 12.8. The molecule has 0 spiro atoms. The lowest BCUT2D eigenvalue weighted by molar-refractivity contribution is -0.138. The van der Waals surface area contributed by atoms with Crippen LogP contribution in [0.3, 0.4) is 0 Å². The van der Waals surface area contributed by atoms with Crippen molar-refractivity contribution in [3.8, 4) is 5.75 Å². The molecule has 2 heterocycles. The van der Waals surface area contributed by atoms with Crippen LogP contribution in [0.2, 0.25) is 0 Å². The molecule has 0 saturated carbocycles. The van der Waals surface area contributed by atoms with Gasteiger partial charge in [-0.3, -0.25) is 9.69 Å². The zero-order chi connectivity index (χ0) is 17.1. The Balaban J connectivity index is 1.33. The van der Waals surface area contributed by atoms with Crippen LogP contribution >= 0.6 is 0 Å². The summed E-state index contributed by atoms with van der Waals surface area (Å²) in [6, 6.07) is 18.3. The number of para-hydroxylation sites is 1. The van der Waals surface area contributed by atoms with Crippen LogP contribution in [0.15, 0.2) is 60.7 Å². The van der Waals surface area contributed by atoms with Gasteiger partial charge in [0.15, 0.2) is 6.10 Å². The monoisotopic (exact) mass is 334 g/mol. The summed E-state index contributed by atoms with van der Waals surface area (Å²) in [4.78, 5) is 17.1.